The summed E-state index contributed by atoms with van der Waals surface area (Å²) in [7, 11) is 0. The molecule has 4 aliphatic rings. The maximum Gasteiger partial charge on any atom is 0.0624 e. The second-order valence-electron chi connectivity index (χ2n) is 6.12. The van der Waals surface area contributed by atoms with Crippen LogP contribution in [-0.4, -0.2) is 0 Å². The van der Waals surface area contributed by atoms with E-state index in [-0.39, 0.29) is 0 Å². The number of hydrogen-bond acceptors (Lipinski definition) is 1. The molecular formula is C14H17N. The average molecular weight is 199 g/mol. The Morgan fingerprint density at radius 1 is 1.07 bits per heavy atom. The topological polar surface area (TPSA) is 23.8 Å². The van der Waals surface area contributed by atoms with E-state index < -0.39 is 0 Å². The first-order valence-electron chi connectivity index (χ1n) is 6.43. The van der Waals surface area contributed by atoms with E-state index in [0.29, 0.717) is 0 Å². The molecule has 3 fully saturated rings. The van der Waals surface area contributed by atoms with E-state index in [9.17, 15) is 0 Å². The van der Waals surface area contributed by atoms with Crippen LogP contribution in [0.2, 0.25) is 0 Å². The van der Waals surface area contributed by atoms with Crippen LogP contribution in [0.5, 0.6) is 0 Å². The number of fused-ring (bicyclic) bond motifs is 9. The van der Waals surface area contributed by atoms with Crippen molar-refractivity contribution in [3.63, 3.8) is 0 Å². The summed E-state index contributed by atoms with van der Waals surface area (Å²) in [6.07, 6.45) is 10.1. The van der Waals surface area contributed by atoms with Gasteiger partial charge in [-0.15, -0.1) is 0 Å². The van der Waals surface area contributed by atoms with Crippen molar-refractivity contribution in [3.05, 3.63) is 12.2 Å². The van der Waals surface area contributed by atoms with Crippen molar-refractivity contribution in [1.29, 1.82) is 5.26 Å². The number of nitriles is 1. The molecule has 0 aliphatic heterocycles. The lowest BCUT2D eigenvalue weighted by Crippen LogP contribution is -2.30. The van der Waals surface area contributed by atoms with Gasteiger partial charge in [0, 0.05) is 6.42 Å². The average Bonchev–Trinajstić information content (AvgIpc) is 2.95. The molecular weight excluding hydrogens is 182 g/mol. The largest absolute Gasteiger partial charge is 0.198 e. The quantitative estimate of drug-likeness (QED) is 0.470. The van der Waals surface area contributed by atoms with Crippen molar-refractivity contribution in [2.24, 2.45) is 41.4 Å². The first-order valence-corrected chi connectivity index (χ1v) is 6.43. The molecule has 7 unspecified atom stereocenters. The molecule has 0 saturated heterocycles. The Balaban J connectivity index is 1.66. The van der Waals surface area contributed by atoms with E-state index >= 15 is 0 Å². The zero-order valence-corrected chi connectivity index (χ0v) is 8.97. The smallest absolute Gasteiger partial charge is 0.0624 e. The summed E-state index contributed by atoms with van der Waals surface area (Å²) in [4.78, 5) is 0. The van der Waals surface area contributed by atoms with Crippen LogP contribution in [0.4, 0.5) is 0 Å². The summed E-state index contributed by atoms with van der Waals surface area (Å²) < 4.78 is 0. The third kappa shape index (κ3) is 0.893. The van der Waals surface area contributed by atoms with Gasteiger partial charge in [0.1, 0.15) is 0 Å². The summed E-state index contributed by atoms with van der Waals surface area (Å²) >= 11 is 0. The maximum atomic E-state index is 8.86. The van der Waals surface area contributed by atoms with Gasteiger partial charge < -0.3 is 0 Å². The van der Waals surface area contributed by atoms with E-state index in [2.05, 4.69) is 18.2 Å². The van der Waals surface area contributed by atoms with Crippen molar-refractivity contribution in [2.45, 2.75) is 25.7 Å². The minimum Gasteiger partial charge on any atom is -0.198 e. The highest BCUT2D eigenvalue weighted by Gasteiger charge is 2.60. The third-order valence-corrected chi connectivity index (χ3v) is 5.76. The molecule has 3 saturated carbocycles. The number of hydrogen-bond donors (Lipinski definition) is 0. The van der Waals surface area contributed by atoms with Gasteiger partial charge in [-0.2, -0.15) is 5.26 Å². The lowest BCUT2D eigenvalue weighted by atomic mass is 9.69. The molecule has 0 aromatic carbocycles. The fourth-order valence-corrected chi connectivity index (χ4v) is 5.50. The standard InChI is InChI=1S/C14H17N/c15-4-3-8-5-11-7-12(8)14-10-2-1-9(6-10)13(11)14/h1-2,8-14H,3,5-7H2. The highest BCUT2D eigenvalue weighted by Crippen LogP contribution is 2.67. The summed E-state index contributed by atoms with van der Waals surface area (Å²) in [5.41, 5.74) is 0. The van der Waals surface area contributed by atoms with Crippen LogP contribution < -0.4 is 0 Å². The molecule has 0 radical (unpaired) electrons. The fourth-order valence-electron chi connectivity index (χ4n) is 5.50. The van der Waals surface area contributed by atoms with Crippen LogP contribution in [-0.2, 0) is 0 Å². The Kier molecular flexibility index (Phi) is 1.49. The Hall–Kier alpha value is -0.770. The summed E-state index contributed by atoms with van der Waals surface area (Å²) in [6, 6.07) is 2.40. The second kappa shape index (κ2) is 2.67. The highest BCUT2D eigenvalue weighted by molar-refractivity contribution is 5.20. The fraction of sp³-hybridized carbons (Fsp3) is 0.786. The van der Waals surface area contributed by atoms with Crippen molar-refractivity contribution in [3.8, 4) is 6.07 Å². The SMILES string of the molecule is N#CCC1CC2CC1C1C3C=CC(C3)C21. The maximum absolute atomic E-state index is 8.86. The van der Waals surface area contributed by atoms with Crippen LogP contribution in [0.3, 0.4) is 0 Å². The third-order valence-electron chi connectivity index (χ3n) is 5.76. The van der Waals surface area contributed by atoms with E-state index in [1.54, 1.807) is 0 Å². The van der Waals surface area contributed by atoms with Gasteiger partial charge in [-0.1, -0.05) is 12.2 Å². The van der Waals surface area contributed by atoms with Crippen molar-refractivity contribution >= 4 is 0 Å². The van der Waals surface area contributed by atoms with Crippen LogP contribution in [0.25, 0.3) is 0 Å². The van der Waals surface area contributed by atoms with E-state index in [4.69, 9.17) is 5.26 Å². The Bertz CT molecular complexity index is 364. The molecule has 1 heteroatoms. The lowest BCUT2D eigenvalue weighted by Gasteiger charge is -2.35. The predicted molar refractivity (Wildman–Crippen MR) is 57.7 cm³/mol. The Morgan fingerprint density at radius 3 is 2.67 bits per heavy atom. The molecule has 0 aromatic rings. The Morgan fingerprint density at radius 2 is 1.87 bits per heavy atom. The zero-order chi connectivity index (χ0) is 9.99. The van der Waals surface area contributed by atoms with Crippen LogP contribution in [0, 0.1) is 52.8 Å². The summed E-state index contributed by atoms with van der Waals surface area (Å²) in [5.74, 6) is 6.50. The molecule has 1 nitrogen and oxygen atoms in total. The van der Waals surface area contributed by atoms with Crippen LogP contribution in [0.15, 0.2) is 12.2 Å². The molecule has 0 amide bonds. The van der Waals surface area contributed by atoms with Crippen molar-refractivity contribution in [2.75, 3.05) is 0 Å². The van der Waals surface area contributed by atoms with Crippen LogP contribution >= 0.6 is 0 Å². The van der Waals surface area contributed by atoms with Crippen molar-refractivity contribution < 1.29 is 0 Å². The van der Waals surface area contributed by atoms with Gasteiger partial charge in [0.25, 0.3) is 0 Å². The lowest BCUT2D eigenvalue weighted by molar-refractivity contribution is 0.152. The molecule has 4 bridgehead atoms. The van der Waals surface area contributed by atoms with Crippen molar-refractivity contribution in [1.82, 2.24) is 0 Å². The monoisotopic (exact) mass is 199 g/mol. The first kappa shape index (κ1) is 8.39. The molecule has 4 rings (SSSR count). The van der Waals surface area contributed by atoms with Gasteiger partial charge >= 0.3 is 0 Å². The molecule has 0 aromatic heterocycles. The van der Waals surface area contributed by atoms with E-state index in [0.717, 1.165) is 47.8 Å². The molecule has 4 aliphatic carbocycles. The van der Waals surface area contributed by atoms with Gasteiger partial charge in [-0.05, 0) is 60.7 Å². The second-order valence-corrected chi connectivity index (χ2v) is 6.12. The zero-order valence-electron chi connectivity index (χ0n) is 8.97. The van der Waals surface area contributed by atoms with Gasteiger partial charge in [0.15, 0.2) is 0 Å². The minimum atomic E-state index is 0.758. The summed E-state index contributed by atoms with van der Waals surface area (Å²) in [6.45, 7) is 0. The van der Waals surface area contributed by atoms with Gasteiger partial charge in [-0.3, -0.25) is 0 Å². The number of allylic oxidation sites excluding steroid dienone is 2. The molecule has 0 heterocycles. The number of nitrogens with zero attached hydrogens (tertiary/aromatic N) is 1. The molecule has 0 N–H and O–H groups in total. The van der Waals surface area contributed by atoms with Gasteiger partial charge in [0.05, 0.1) is 6.07 Å². The van der Waals surface area contributed by atoms with Crippen LogP contribution in [0.1, 0.15) is 25.7 Å². The summed E-state index contributed by atoms with van der Waals surface area (Å²) in [5, 5.41) is 8.86. The molecule has 7 atom stereocenters. The molecule has 0 spiro atoms. The molecule has 78 valence electrons. The van der Waals surface area contributed by atoms with E-state index in [1.807, 2.05) is 0 Å². The predicted octanol–water partition coefficient (Wildman–Crippen LogP) is 2.99. The molecule has 15 heavy (non-hydrogen) atoms. The number of rotatable bonds is 1. The normalized spacial score (nSPS) is 58.5. The van der Waals surface area contributed by atoms with E-state index in [1.165, 1.54) is 19.3 Å². The Labute approximate surface area is 91.2 Å². The highest BCUT2D eigenvalue weighted by atomic mass is 14.6. The van der Waals surface area contributed by atoms with Gasteiger partial charge in [-0.25, -0.2) is 0 Å². The van der Waals surface area contributed by atoms with Gasteiger partial charge in [0.2, 0.25) is 0 Å². The first-order chi connectivity index (χ1) is 7.38. The minimum absolute atomic E-state index is 0.758.